The largest absolute Gasteiger partial charge is 0.497 e. The topological polar surface area (TPSA) is 47.4 Å². The maximum absolute atomic E-state index is 13.5. The fraction of sp³-hybridized carbons (Fsp3) is 0.407. The highest BCUT2D eigenvalue weighted by molar-refractivity contribution is 5.94. The molecule has 2 heterocycles. The smallest absolute Gasteiger partial charge is 0.254 e. The van der Waals surface area contributed by atoms with Gasteiger partial charge in [-0.05, 0) is 55.0 Å². The molecule has 5 nitrogen and oxygen atoms in total. The molecule has 0 radical (unpaired) electrons. The fourth-order valence-corrected chi connectivity index (χ4v) is 5.11. The van der Waals surface area contributed by atoms with Crippen LogP contribution in [0.2, 0.25) is 0 Å². The van der Waals surface area contributed by atoms with Gasteiger partial charge in [0.1, 0.15) is 11.6 Å². The van der Waals surface area contributed by atoms with Gasteiger partial charge in [0.2, 0.25) is 0 Å². The van der Waals surface area contributed by atoms with Crippen LogP contribution >= 0.6 is 0 Å². The molecule has 0 saturated heterocycles. The minimum Gasteiger partial charge on any atom is -0.497 e. The van der Waals surface area contributed by atoms with Gasteiger partial charge in [-0.2, -0.15) is 0 Å². The molecule has 32 heavy (non-hydrogen) atoms. The predicted octanol–water partition coefficient (Wildman–Crippen LogP) is 5.34. The van der Waals surface area contributed by atoms with Crippen molar-refractivity contribution in [2.45, 2.75) is 51.6 Å². The lowest BCUT2D eigenvalue weighted by Crippen LogP contribution is -2.34. The third-order valence-electron chi connectivity index (χ3n) is 6.81. The average molecular weight is 430 g/mol. The van der Waals surface area contributed by atoms with E-state index >= 15 is 0 Å². The molecule has 0 spiro atoms. The zero-order valence-corrected chi connectivity index (χ0v) is 18.8. The average Bonchev–Trinajstić information content (AvgIpc) is 3.56. The maximum Gasteiger partial charge on any atom is 0.254 e. The Hall–Kier alpha value is -3.08. The Labute approximate surface area is 190 Å². The first-order chi connectivity index (χ1) is 15.7. The highest BCUT2D eigenvalue weighted by Crippen LogP contribution is 2.28. The number of hydrogen-bond donors (Lipinski definition) is 0. The number of fused-ring (bicyclic) bond motifs is 1. The van der Waals surface area contributed by atoms with Gasteiger partial charge in [-0.15, -0.1) is 0 Å². The summed E-state index contributed by atoms with van der Waals surface area (Å²) in [5.41, 5.74) is 3.98. The Bertz CT molecular complexity index is 1080. The summed E-state index contributed by atoms with van der Waals surface area (Å²) in [7, 11) is 1.64. The van der Waals surface area contributed by atoms with Gasteiger partial charge >= 0.3 is 0 Å². The summed E-state index contributed by atoms with van der Waals surface area (Å²) in [5, 5.41) is 0. The van der Waals surface area contributed by atoms with E-state index in [2.05, 4.69) is 35.0 Å². The first-order valence-corrected chi connectivity index (χ1v) is 11.8. The second-order valence-corrected chi connectivity index (χ2v) is 9.11. The molecule has 1 aromatic heterocycles. The van der Waals surface area contributed by atoms with E-state index < -0.39 is 0 Å². The molecular formula is C27H31N3O2. The van der Waals surface area contributed by atoms with Gasteiger partial charge in [0.15, 0.2) is 0 Å². The van der Waals surface area contributed by atoms with Crippen molar-refractivity contribution in [3.63, 3.8) is 0 Å². The Kier molecular flexibility index (Phi) is 5.97. The first kappa shape index (κ1) is 20.8. The quantitative estimate of drug-likeness (QED) is 0.509. The van der Waals surface area contributed by atoms with Crippen molar-refractivity contribution in [2.24, 2.45) is 5.92 Å². The molecule has 2 aliphatic rings. The van der Waals surface area contributed by atoms with Gasteiger partial charge in [0, 0.05) is 43.4 Å². The molecule has 5 rings (SSSR count). The van der Waals surface area contributed by atoms with E-state index in [1.165, 1.54) is 37.9 Å². The maximum atomic E-state index is 13.5. The number of amides is 1. The minimum atomic E-state index is 0.0715. The predicted molar refractivity (Wildman–Crippen MR) is 126 cm³/mol. The third-order valence-corrected chi connectivity index (χ3v) is 6.81. The number of imidazole rings is 1. The summed E-state index contributed by atoms with van der Waals surface area (Å²) in [6, 6.07) is 16.0. The summed E-state index contributed by atoms with van der Waals surface area (Å²) < 4.78 is 7.61. The van der Waals surface area contributed by atoms with Gasteiger partial charge in [-0.3, -0.25) is 4.79 Å². The SMILES string of the molecule is COc1cccc(C(=O)N(Cc2cccc(-c3cn4c(n3)CCC4)c2)CC2CCCC2)c1. The van der Waals surface area contributed by atoms with E-state index in [0.717, 1.165) is 36.3 Å². The molecule has 0 N–H and O–H groups in total. The van der Waals surface area contributed by atoms with Gasteiger partial charge in [0.25, 0.3) is 5.91 Å². The second kappa shape index (κ2) is 9.19. The summed E-state index contributed by atoms with van der Waals surface area (Å²) >= 11 is 0. The molecule has 1 saturated carbocycles. The number of aromatic nitrogens is 2. The summed E-state index contributed by atoms with van der Waals surface area (Å²) in [6.07, 6.45) is 9.37. The molecule has 0 bridgehead atoms. The van der Waals surface area contributed by atoms with Crippen molar-refractivity contribution >= 4 is 5.91 Å². The van der Waals surface area contributed by atoms with E-state index in [0.29, 0.717) is 23.8 Å². The van der Waals surface area contributed by atoms with Crippen molar-refractivity contribution in [3.8, 4) is 17.0 Å². The van der Waals surface area contributed by atoms with Crippen LogP contribution in [-0.2, 0) is 19.5 Å². The van der Waals surface area contributed by atoms with Gasteiger partial charge in [0.05, 0.1) is 12.8 Å². The molecular weight excluding hydrogens is 398 g/mol. The highest BCUT2D eigenvalue weighted by atomic mass is 16.5. The van der Waals surface area contributed by atoms with E-state index in [9.17, 15) is 4.79 Å². The Morgan fingerprint density at radius 1 is 1.12 bits per heavy atom. The summed E-state index contributed by atoms with van der Waals surface area (Å²) in [5.74, 6) is 2.55. The van der Waals surface area contributed by atoms with Crippen LogP contribution < -0.4 is 4.74 Å². The molecule has 5 heteroatoms. The van der Waals surface area contributed by atoms with Crippen LogP contribution in [0.1, 0.15) is 53.8 Å². The molecule has 1 aliphatic carbocycles. The van der Waals surface area contributed by atoms with Crippen LogP contribution in [0.25, 0.3) is 11.3 Å². The standard InChI is InChI=1S/C27H31N3O2/c1-32-24-12-5-11-23(16-24)27(31)30(17-20-7-2-3-8-20)18-21-9-4-10-22(15-21)25-19-29-14-6-13-26(29)28-25/h4-5,9-12,15-16,19-20H,2-3,6-8,13-14,17-18H2,1H3. The van der Waals surface area contributed by atoms with Crippen LogP contribution in [0.15, 0.2) is 54.7 Å². The van der Waals surface area contributed by atoms with Crippen molar-refractivity contribution in [1.29, 1.82) is 0 Å². The lowest BCUT2D eigenvalue weighted by Gasteiger charge is -2.26. The van der Waals surface area contributed by atoms with Crippen LogP contribution in [0.4, 0.5) is 0 Å². The Balaban J connectivity index is 1.39. The highest BCUT2D eigenvalue weighted by Gasteiger charge is 2.24. The first-order valence-electron chi connectivity index (χ1n) is 11.8. The van der Waals surface area contributed by atoms with Crippen molar-refractivity contribution in [1.82, 2.24) is 14.5 Å². The molecule has 1 amide bonds. The molecule has 3 aromatic rings. The zero-order valence-electron chi connectivity index (χ0n) is 18.8. The van der Waals surface area contributed by atoms with Crippen LogP contribution in [0.5, 0.6) is 5.75 Å². The zero-order chi connectivity index (χ0) is 21.9. The van der Waals surface area contributed by atoms with Crippen LogP contribution in [-0.4, -0.2) is 34.0 Å². The lowest BCUT2D eigenvalue weighted by molar-refractivity contribution is 0.0715. The number of nitrogens with zero attached hydrogens (tertiary/aromatic N) is 3. The molecule has 166 valence electrons. The second-order valence-electron chi connectivity index (χ2n) is 9.11. The lowest BCUT2D eigenvalue weighted by atomic mass is 10.0. The van der Waals surface area contributed by atoms with E-state index in [4.69, 9.17) is 9.72 Å². The van der Waals surface area contributed by atoms with Crippen molar-refractivity contribution < 1.29 is 9.53 Å². The van der Waals surface area contributed by atoms with E-state index in [-0.39, 0.29) is 5.91 Å². The monoisotopic (exact) mass is 429 g/mol. The van der Waals surface area contributed by atoms with Crippen molar-refractivity contribution in [2.75, 3.05) is 13.7 Å². The number of aryl methyl sites for hydroxylation is 2. The number of benzene rings is 2. The van der Waals surface area contributed by atoms with Crippen LogP contribution in [0, 0.1) is 5.92 Å². The normalized spacial score (nSPS) is 15.7. The molecule has 0 atom stereocenters. The van der Waals surface area contributed by atoms with Gasteiger partial charge in [-0.25, -0.2) is 4.98 Å². The molecule has 1 aliphatic heterocycles. The van der Waals surface area contributed by atoms with Gasteiger partial charge < -0.3 is 14.2 Å². The number of rotatable bonds is 7. The van der Waals surface area contributed by atoms with Crippen LogP contribution in [0.3, 0.4) is 0 Å². The summed E-state index contributed by atoms with van der Waals surface area (Å²) in [4.78, 5) is 20.4. The van der Waals surface area contributed by atoms with Crippen molar-refractivity contribution in [3.05, 3.63) is 71.7 Å². The van der Waals surface area contributed by atoms with Gasteiger partial charge in [-0.1, -0.05) is 37.1 Å². The number of hydrogen-bond acceptors (Lipinski definition) is 3. The van der Waals surface area contributed by atoms with E-state index in [1.807, 2.05) is 29.2 Å². The molecule has 1 fully saturated rings. The Morgan fingerprint density at radius 3 is 2.78 bits per heavy atom. The Morgan fingerprint density at radius 2 is 1.97 bits per heavy atom. The number of methoxy groups -OCH3 is 1. The fourth-order valence-electron chi connectivity index (χ4n) is 5.11. The molecule has 2 aromatic carbocycles. The van der Waals surface area contributed by atoms with E-state index in [1.54, 1.807) is 7.11 Å². The molecule has 0 unspecified atom stereocenters. The summed E-state index contributed by atoms with van der Waals surface area (Å²) in [6.45, 7) is 2.47. The number of carbonyl (C=O) groups excluding carboxylic acids is 1. The third kappa shape index (κ3) is 4.43. The number of carbonyl (C=O) groups is 1. The number of ether oxygens (including phenoxy) is 1. The minimum absolute atomic E-state index is 0.0715.